The van der Waals surface area contributed by atoms with E-state index in [2.05, 4.69) is 6.58 Å². The molecule has 1 N–H and O–H groups in total. The predicted octanol–water partition coefficient (Wildman–Crippen LogP) is 5.79. The summed E-state index contributed by atoms with van der Waals surface area (Å²) in [5.41, 5.74) is 2.13. The highest BCUT2D eigenvalue weighted by Gasteiger charge is 2.42. The Hall–Kier alpha value is -4.30. The van der Waals surface area contributed by atoms with E-state index in [0.29, 0.717) is 64.6 Å². The van der Waals surface area contributed by atoms with Crippen LogP contribution in [0.2, 0.25) is 0 Å². The van der Waals surface area contributed by atoms with Gasteiger partial charge in [-0.1, -0.05) is 37.3 Å². The van der Waals surface area contributed by atoms with E-state index >= 15 is 0 Å². The predicted molar refractivity (Wildman–Crippen MR) is 148 cm³/mol. The van der Waals surface area contributed by atoms with Crippen LogP contribution in [0.4, 0.5) is 0 Å². The Morgan fingerprint density at radius 2 is 1.60 bits per heavy atom. The minimum Gasteiger partial charge on any atom is -0.497 e. The van der Waals surface area contributed by atoms with Crippen molar-refractivity contribution < 1.29 is 33.7 Å². The molecule has 3 aromatic rings. The first kappa shape index (κ1) is 27.3. The Balaban J connectivity index is 1.28. The molecule has 2 heterocycles. The summed E-state index contributed by atoms with van der Waals surface area (Å²) in [7, 11) is 3.20. The van der Waals surface area contributed by atoms with Gasteiger partial charge < -0.3 is 24.2 Å². The molecule has 1 saturated heterocycles. The van der Waals surface area contributed by atoms with E-state index in [1.54, 1.807) is 20.3 Å². The molecule has 0 aromatic heterocycles. The first-order chi connectivity index (χ1) is 19.3. The molecule has 0 radical (unpaired) electrons. The third kappa shape index (κ3) is 5.27. The monoisotopic (exact) mass is 543 g/mol. The number of rotatable bonds is 10. The lowest BCUT2D eigenvalue weighted by atomic mass is 9.77. The highest BCUT2D eigenvalue weighted by atomic mass is 16.7. The second kappa shape index (κ2) is 11.4. The van der Waals surface area contributed by atoms with Gasteiger partial charge in [0.15, 0.2) is 0 Å². The smallest absolute Gasteiger partial charge is 0.333 e. The molecule has 0 spiro atoms. The fourth-order valence-electron chi connectivity index (χ4n) is 5.19. The maximum Gasteiger partial charge on any atom is 0.333 e. The van der Waals surface area contributed by atoms with Crippen molar-refractivity contribution in [2.45, 2.75) is 50.5 Å². The molecular weight excluding hydrogens is 510 g/mol. The van der Waals surface area contributed by atoms with Crippen molar-refractivity contribution in [3.8, 4) is 23.0 Å². The van der Waals surface area contributed by atoms with Gasteiger partial charge in [-0.15, -0.1) is 5.06 Å². The molecule has 5 rings (SSSR count). The molecule has 2 aliphatic heterocycles. The Labute approximate surface area is 233 Å². The minimum atomic E-state index is -1.43. The third-order valence-electron chi connectivity index (χ3n) is 7.42. The molecule has 3 aromatic carbocycles. The SMILES string of the molecule is C=C1CCC(=O)N1OC(=O)CCCCCc1ccc2c(c1)Oc1cc(OC)ccc1C2(O)c1ccc(OC)cc1. The maximum atomic E-state index is 12.3. The van der Waals surface area contributed by atoms with E-state index in [1.165, 1.54) is 0 Å². The lowest BCUT2D eigenvalue weighted by Crippen LogP contribution is -2.32. The van der Waals surface area contributed by atoms with Gasteiger partial charge in [-0.3, -0.25) is 4.79 Å². The lowest BCUT2D eigenvalue weighted by molar-refractivity contribution is -0.186. The third-order valence-corrected chi connectivity index (χ3v) is 7.42. The number of benzene rings is 3. The number of fused-ring (bicyclic) bond motifs is 2. The lowest BCUT2D eigenvalue weighted by Gasteiger charge is -2.37. The van der Waals surface area contributed by atoms with Crippen LogP contribution in [-0.2, 0) is 26.4 Å². The maximum absolute atomic E-state index is 12.3. The number of carbonyl (C=O) groups is 2. The molecule has 40 heavy (non-hydrogen) atoms. The van der Waals surface area contributed by atoms with Gasteiger partial charge in [0.05, 0.1) is 19.9 Å². The number of hydrogen-bond donors (Lipinski definition) is 1. The molecule has 8 heteroatoms. The summed E-state index contributed by atoms with van der Waals surface area (Å²) in [6.45, 7) is 3.76. The van der Waals surface area contributed by atoms with E-state index in [4.69, 9.17) is 19.0 Å². The highest BCUT2D eigenvalue weighted by Crippen LogP contribution is 2.51. The van der Waals surface area contributed by atoms with Crippen LogP contribution in [0.5, 0.6) is 23.0 Å². The summed E-state index contributed by atoms with van der Waals surface area (Å²) in [6.07, 6.45) is 4.18. The fourth-order valence-corrected chi connectivity index (χ4v) is 5.19. The normalized spacial score (nSPS) is 17.6. The van der Waals surface area contributed by atoms with Gasteiger partial charge in [-0.05, 0) is 67.1 Å². The van der Waals surface area contributed by atoms with Crippen LogP contribution in [0.1, 0.15) is 60.8 Å². The van der Waals surface area contributed by atoms with Crippen molar-refractivity contribution >= 4 is 11.9 Å². The van der Waals surface area contributed by atoms with E-state index < -0.39 is 11.6 Å². The van der Waals surface area contributed by atoms with Gasteiger partial charge in [-0.2, -0.15) is 0 Å². The van der Waals surface area contributed by atoms with E-state index in [1.807, 2.05) is 54.6 Å². The Bertz CT molecular complexity index is 1420. The Morgan fingerprint density at radius 3 is 2.27 bits per heavy atom. The molecule has 1 unspecified atom stereocenters. The van der Waals surface area contributed by atoms with E-state index in [0.717, 1.165) is 29.9 Å². The van der Waals surface area contributed by atoms with Crippen LogP contribution < -0.4 is 14.2 Å². The zero-order valence-electron chi connectivity index (χ0n) is 22.8. The topological polar surface area (TPSA) is 94.5 Å². The summed E-state index contributed by atoms with van der Waals surface area (Å²) in [5, 5.41) is 13.3. The fraction of sp³-hybridized carbons (Fsp3) is 0.312. The highest BCUT2D eigenvalue weighted by molar-refractivity contribution is 5.82. The number of amides is 1. The van der Waals surface area contributed by atoms with E-state index in [-0.39, 0.29) is 12.3 Å². The number of nitrogens with zero attached hydrogens (tertiary/aromatic N) is 1. The molecule has 0 aliphatic carbocycles. The molecule has 1 atom stereocenters. The van der Waals surface area contributed by atoms with Crippen LogP contribution in [0.3, 0.4) is 0 Å². The summed E-state index contributed by atoms with van der Waals surface area (Å²) < 4.78 is 17.0. The average molecular weight is 544 g/mol. The van der Waals surface area contributed by atoms with E-state index in [9.17, 15) is 14.7 Å². The molecule has 0 saturated carbocycles. The Kier molecular flexibility index (Phi) is 7.80. The second-order valence-electron chi connectivity index (χ2n) is 10.0. The van der Waals surface area contributed by atoms with Crippen molar-refractivity contribution in [2.75, 3.05) is 14.2 Å². The van der Waals surface area contributed by atoms with Gasteiger partial charge in [-0.25, -0.2) is 4.79 Å². The van der Waals surface area contributed by atoms with Gasteiger partial charge in [0.2, 0.25) is 0 Å². The molecule has 0 bridgehead atoms. The summed E-state index contributed by atoms with van der Waals surface area (Å²) in [4.78, 5) is 29.1. The van der Waals surface area contributed by atoms with Crippen LogP contribution in [-0.4, -0.2) is 36.3 Å². The van der Waals surface area contributed by atoms with Crippen LogP contribution >= 0.6 is 0 Å². The quantitative estimate of drug-likeness (QED) is 0.324. The summed E-state index contributed by atoms with van der Waals surface area (Å²) in [5.74, 6) is 1.79. The van der Waals surface area contributed by atoms with Crippen molar-refractivity contribution in [2.24, 2.45) is 0 Å². The van der Waals surface area contributed by atoms with Gasteiger partial charge in [0.1, 0.15) is 28.6 Å². The number of methoxy groups -OCH3 is 2. The summed E-state index contributed by atoms with van der Waals surface area (Å²) >= 11 is 0. The Morgan fingerprint density at radius 1 is 0.925 bits per heavy atom. The summed E-state index contributed by atoms with van der Waals surface area (Å²) in [6, 6.07) is 18.7. The number of carbonyl (C=O) groups excluding carboxylic acids is 2. The van der Waals surface area contributed by atoms with Crippen molar-refractivity contribution in [3.05, 3.63) is 95.2 Å². The zero-order valence-corrected chi connectivity index (χ0v) is 22.8. The number of ether oxygens (including phenoxy) is 3. The first-order valence-electron chi connectivity index (χ1n) is 13.4. The molecule has 208 valence electrons. The average Bonchev–Trinajstić information content (AvgIpc) is 3.28. The van der Waals surface area contributed by atoms with Gasteiger partial charge in [0.25, 0.3) is 5.91 Å². The second-order valence-corrected chi connectivity index (χ2v) is 10.0. The standard InChI is InChI=1S/C32H33NO7/c1-21-9-18-30(34)33(21)40-31(35)8-6-4-5-7-22-10-16-26-28(19-22)39-29-20-25(38-3)15-17-27(29)32(26,36)23-11-13-24(37-2)14-12-23/h10-17,19-20,36H,1,4-9,18H2,2-3H3. The van der Waals surface area contributed by atoms with Crippen molar-refractivity contribution in [1.29, 1.82) is 0 Å². The number of aryl methyl sites for hydroxylation is 1. The van der Waals surface area contributed by atoms with Crippen molar-refractivity contribution in [3.63, 3.8) is 0 Å². The van der Waals surface area contributed by atoms with Crippen LogP contribution in [0.15, 0.2) is 72.9 Å². The van der Waals surface area contributed by atoms with Crippen LogP contribution in [0, 0.1) is 0 Å². The van der Waals surface area contributed by atoms with Crippen molar-refractivity contribution in [1.82, 2.24) is 5.06 Å². The largest absolute Gasteiger partial charge is 0.497 e. The molecular formula is C32H33NO7. The minimum absolute atomic E-state index is 0.229. The first-order valence-corrected chi connectivity index (χ1v) is 13.4. The molecule has 1 amide bonds. The number of hydrogen-bond acceptors (Lipinski definition) is 7. The number of allylic oxidation sites excluding steroid dienone is 1. The number of unbranched alkanes of at least 4 members (excludes halogenated alkanes) is 2. The molecule has 2 aliphatic rings. The van der Waals surface area contributed by atoms with Gasteiger partial charge >= 0.3 is 5.97 Å². The molecule has 8 nitrogen and oxygen atoms in total. The van der Waals surface area contributed by atoms with Gasteiger partial charge in [0, 0.05) is 30.0 Å². The zero-order chi connectivity index (χ0) is 28.3. The number of hydroxylamine groups is 2. The number of aliphatic hydroxyl groups is 1. The van der Waals surface area contributed by atoms with Crippen LogP contribution in [0.25, 0.3) is 0 Å². The molecule has 1 fully saturated rings.